The number of carbonyl (C=O) groups is 8. The largest absolute Gasteiger partial charge is 0.496 e. The van der Waals surface area contributed by atoms with Gasteiger partial charge in [0, 0.05) is 80.8 Å². The number of anilines is 1. The summed E-state index contributed by atoms with van der Waals surface area (Å²) in [7, 11) is 1.38. The summed E-state index contributed by atoms with van der Waals surface area (Å²) < 4.78 is 36.5. The van der Waals surface area contributed by atoms with Crippen molar-refractivity contribution in [1.29, 1.82) is 0 Å². The number of methoxy groups -OCH3 is 1. The molecule has 9 rings (SSSR count). The van der Waals surface area contributed by atoms with Crippen molar-refractivity contribution >= 4 is 53.0 Å². The van der Waals surface area contributed by atoms with Crippen LogP contribution in [0.25, 0.3) is 0 Å². The molecule has 2 aliphatic carbocycles. The number of rotatable bonds is 30. The molecule has 24 heteroatoms. The highest BCUT2D eigenvalue weighted by atomic mass is 16.7. The van der Waals surface area contributed by atoms with Crippen LogP contribution in [0.1, 0.15) is 111 Å². The lowest BCUT2D eigenvalue weighted by Gasteiger charge is -2.41. The van der Waals surface area contributed by atoms with Gasteiger partial charge in [-0.25, -0.2) is 9.59 Å². The zero-order valence-corrected chi connectivity index (χ0v) is 50.7. The van der Waals surface area contributed by atoms with E-state index >= 15 is 0 Å². The minimum Gasteiger partial charge on any atom is -0.496 e. The number of fused-ring (bicyclic) bond motifs is 3. The molecule has 5 aliphatic rings. The Hall–Kier alpha value is -8.26. The number of unbranched alkanes of at least 4 members (excludes halogenated alkanes) is 3. The molecule has 0 bridgehead atoms. The Morgan fingerprint density at radius 3 is 2.21 bits per heavy atom. The first-order valence-electron chi connectivity index (χ1n) is 30.6. The predicted molar refractivity (Wildman–Crippen MR) is 323 cm³/mol. The number of urea groups is 1. The number of amides is 7. The van der Waals surface area contributed by atoms with Crippen LogP contribution in [0.4, 0.5) is 15.3 Å². The molecule has 7 amide bonds. The number of ether oxygens (including phenoxy) is 6. The van der Waals surface area contributed by atoms with Crippen molar-refractivity contribution in [2.45, 2.75) is 139 Å². The summed E-state index contributed by atoms with van der Waals surface area (Å²) in [6.07, 6.45) is 0.627. The molecular weight excluding hydrogens is 1160 g/mol. The van der Waals surface area contributed by atoms with Crippen LogP contribution in [-0.4, -0.2) is 150 Å². The van der Waals surface area contributed by atoms with Crippen LogP contribution in [0.3, 0.4) is 0 Å². The lowest BCUT2D eigenvalue weighted by Crippen LogP contribution is -2.52. The number of aryl methyl sites for hydroxylation is 1. The maximum Gasteiger partial charge on any atom is 0.407 e. The SMILES string of the molecule is COc1cc(O[C@@H]2O[C@@H]([C@H](O)CO)CO[C@H]2C)cc2c1[C@]1(O)[C@H](O)[C@H](C(=O)NCCNC(=O)OCc3ccc(NC(=O)[C@H](CCCNC(N)=O)CC(=O)C4(C(=O)CCCCCCN5C(=O)C=CC5=O)CCC4)cc3)[C@@H](c3ccccc3)[C@]1(c1ccc(C)cc1)O2. The van der Waals surface area contributed by atoms with E-state index in [0.717, 1.165) is 5.56 Å². The van der Waals surface area contributed by atoms with Crippen LogP contribution in [0.5, 0.6) is 17.2 Å². The van der Waals surface area contributed by atoms with Gasteiger partial charge in [0.2, 0.25) is 18.1 Å². The lowest BCUT2D eigenvalue weighted by atomic mass is 9.61. The molecule has 4 aromatic rings. The van der Waals surface area contributed by atoms with E-state index in [0.29, 0.717) is 80.3 Å². The van der Waals surface area contributed by atoms with Crippen LogP contribution >= 0.6 is 0 Å². The summed E-state index contributed by atoms with van der Waals surface area (Å²) in [4.78, 5) is 106. The standard InChI is InChI=1S/C66H80N6O18/c1-39-17-21-44(22-18-39)66-56(42-13-7-6-8-14-42)55(58(79)65(66,84)57-48(85-3)34-46(35-49(57)90-66)88-61-40(2)86-38-50(89-61)47(74)36-73)60(81)68-30-31-70-63(83)87-37-41-19-23-45(24-20-41)71-59(80)43(15-11-29-69-62(67)82)33-52(76)64(27-12-28-64)51(75)16-9-4-5-10-32-72-53(77)25-26-54(72)78/h6-8,13-14,17-26,34-35,40,43,47,50,55-56,58,61,73-74,79,84H,4-5,9-12,15-16,27-33,36-38H2,1-3H3,(H,68,81)(H,70,83)(H,71,80)(H3,67,69,82)/t40-,43+,47+,50+,55+,56+,58+,61+,65-,66-/m0/s1. The highest BCUT2D eigenvalue weighted by Gasteiger charge is 2.78. The third-order valence-corrected chi connectivity index (χ3v) is 17.9. The number of nitrogens with two attached hydrogens (primary N) is 1. The van der Waals surface area contributed by atoms with Crippen molar-refractivity contribution in [2.75, 3.05) is 51.8 Å². The number of imide groups is 1. The Bertz CT molecular complexity index is 3270. The fourth-order valence-corrected chi connectivity index (χ4v) is 12.9. The van der Waals surface area contributed by atoms with E-state index in [4.69, 9.17) is 34.2 Å². The normalized spacial score (nSPS) is 24.3. The number of hydrogen-bond donors (Lipinski definition) is 9. The molecular formula is C66H80N6O18. The number of nitrogens with zero attached hydrogens (tertiary/aromatic N) is 1. The molecule has 4 aromatic carbocycles. The molecule has 24 nitrogen and oxygen atoms in total. The van der Waals surface area contributed by atoms with Crippen LogP contribution in [0, 0.1) is 24.2 Å². The molecule has 1 saturated heterocycles. The van der Waals surface area contributed by atoms with Crippen molar-refractivity contribution in [1.82, 2.24) is 20.9 Å². The maximum absolute atomic E-state index is 14.7. The smallest absolute Gasteiger partial charge is 0.407 e. The monoisotopic (exact) mass is 1240 g/mol. The summed E-state index contributed by atoms with van der Waals surface area (Å²) in [6, 6.07) is 24.9. The third kappa shape index (κ3) is 14.0. The molecule has 90 heavy (non-hydrogen) atoms. The Balaban J connectivity index is 0.803. The van der Waals surface area contributed by atoms with E-state index < -0.39 is 95.6 Å². The molecule has 0 unspecified atom stereocenters. The zero-order chi connectivity index (χ0) is 64.3. The average Bonchev–Trinajstić information content (AvgIpc) is 1.49. The second kappa shape index (κ2) is 29.1. The van der Waals surface area contributed by atoms with Gasteiger partial charge in [0.25, 0.3) is 11.8 Å². The van der Waals surface area contributed by atoms with Crippen LogP contribution < -0.4 is 41.2 Å². The second-order valence-corrected chi connectivity index (χ2v) is 23.7. The maximum atomic E-state index is 14.7. The third-order valence-electron chi connectivity index (χ3n) is 17.9. The minimum absolute atomic E-state index is 0.0156. The first kappa shape index (κ1) is 66.2. The summed E-state index contributed by atoms with van der Waals surface area (Å²) in [5, 5.41) is 57.0. The number of carbonyl (C=O) groups excluding carboxylic acids is 8. The minimum atomic E-state index is -2.35. The molecule has 10 atom stereocenters. The number of ketones is 2. The molecule has 0 spiro atoms. The van der Waals surface area contributed by atoms with E-state index in [2.05, 4.69) is 21.3 Å². The van der Waals surface area contributed by atoms with Gasteiger partial charge < -0.3 is 75.8 Å². The van der Waals surface area contributed by atoms with E-state index in [9.17, 15) is 58.8 Å². The first-order chi connectivity index (χ1) is 43.2. The zero-order valence-electron chi connectivity index (χ0n) is 50.7. The van der Waals surface area contributed by atoms with Gasteiger partial charge in [-0.05, 0) is 81.2 Å². The topological polar surface area (TPSA) is 350 Å². The van der Waals surface area contributed by atoms with E-state index in [-0.39, 0.29) is 98.3 Å². The molecule has 0 radical (unpaired) electrons. The average molecular weight is 1250 g/mol. The van der Waals surface area contributed by atoms with Gasteiger partial charge in [-0.2, -0.15) is 0 Å². The van der Waals surface area contributed by atoms with Crippen LogP contribution in [0.2, 0.25) is 0 Å². The highest BCUT2D eigenvalue weighted by molar-refractivity contribution is 6.13. The van der Waals surface area contributed by atoms with Crippen molar-refractivity contribution in [3.63, 3.8) is 0 Å². The molecule has 10 N–H and O–H groups in total. The number of aliphatic hydroxyl groups is 4. The van der Waals surface area contributed by atoms with E-state index in [1.54, 1.807) is 73.7 Å². The van der Waals surface area contributed by atoms with Gasteiger partial charge in [-0.1, -0.05) is 91.6 Å². The molecule has 2 saturated carbocycles. The fraction of sp³-hybridized carbons (Fsp3) is 0.485. The summed E-state index contributed by atoms with van der Waals surface area (Å²) in [5.41, 5.74) is 2.78. The van der Waals surface area contributed by atoms with Gasteiger partial charge in [0.1, 0.15) is 59.8 Å². The molecule has 3 heterocycles. The number of benzene rings is 4. The number of alkyl carbamates (subject to hydrolysis) is 1. The Morgan fingerprint density at radius 1 is 0.844 bits per heavy atom. The molecule has 3 fully saturated rings. The first-order valence-corrected chi connectivity index (χ1v) is 30.6. The summed E-state index contributed by atoms with van der Waals surface area (Å²) in [5.74, 6) is -5.18. The van der Waals surface area contributed by atoms with Gasteiger partial charge >= 0.3 is 12.1 Å². The van der Waals surface area contributed by atoms with Crippen molar-refractivity contribution in [3.05, 3.63) is 131 Å². The van der Waals surface area contributed by atoms with Gasteiger partial charge in [-0.15, -0.1) is 0 Å². The second-order valence-electron chi connectivity index (χ2n) is 23.7. The van der Waals surface area contributed by atoms with Gasteiger partial charge in [0.05, 0.1) is 37.2 Å². The van der Waals surface area contributed by atoms with Crippen molar-refractivity contribution in [3.8, 4) is 17.2 Å². The summed E-state index contributed by atoms with van der Waals surface area (Å²) in [6.45, 7) is 3.15. The quantitative estimate of drug-likeness (QED) is 0.0193. The van der Waals surface area contributed by atoms with Gasteiger partial charge in [-0.3, -0.25) is 33.7 Å². The number of primary amides is 1. The highest BCUT2D eigenvalue weighted by Crippen LogP contribution is 2.70. The van der Waals surface area contributed by atoms with Crippen molar-refractivity contribution < 1.29 is 87.2 Å². The Labute approximate surface area is 521 Å². The number of hydrogen-bond acceptors (Lipinski definition) is 18. The van der Waals surface area contributed by atoms with Crippen molar-refractivity contribution in [2.24, 2.45) is 23.0 Å². The van der Waals surface area contributed by atoms with E-state index in [1.807, 2.05) is 19.1 Å². The molecule has 3 aliphatic heterocycles. The number of nitrogens with one attached hydrogen (secondary N) is 4. The van der Waals surface area contributed by atoms with Gasteiger partial charge in [0.15, 0.2) is 11.2 Å². The number of Topliss-reactive ketones (excluding diaryl/α,β-unsaturated/α-hetero) is 2. The molecule has 482 valence electrons. The van der Waals surface area contributed by atoms with E-state index in [1.165, 1.54) is 36.3 Å². The van der Waals surface area contributed by atoms with Crippen LogP contribution in [-0.2, 0) is 60.8 Å². The Kier molecular flexibility index (Phi) is 21.4. The summed E-state index contributed by atoms with van der Waals surface area (Å²) >= 11 is 0. The lowest BCUT2D eigenvalue weighted by molar-refractivity contribution is -0.261. The number of aliphatic hydroxyl groups excluding tert-OH is 3. The predicted octanol–water partition coefficient (Wildman–Crippen LogP) is 4.74. The molecule has 0 aromatic heterocycles. The van der Waals surface area contributed by atoms with Crippen LogP contribution in [0.15, 0.2) is 103 Å². The Morgan fingerprint density at radius 2 is 1.54 bits per heavy atom. The fourth-order valence-electron chi connectivity index (χ4n) is 12.9.